The van der Waals surface area contributed by atoms with Crippen molar-refractivity contribution in [3.8, 4) is 0 Å². The molecule has 1 aliphatic heterocycles. The van der Waals surface area contributed by atoms with Gasteiger partial charge in [-0.3, -0.25) is 4.79 Å². The maximum Gasteiger partial charge on any atom is 0.221 e. The van der Waals surface area contributed by atoms with E-state index in [1.165, 1.54) is 26.2 Å². The van der Waals surface area contributed by atoms with Crippen LogP contribution in [0, 0.1) is 0 Å². The van der Waals surface area contributed by atoms with Gasteiger partial charge in [0, 0.05) is 37.1 Å². The molecule has 0 spiro atoms. The third-order valence-corrected chi connectivity index (χ3v) is 4.87. The zero-order chi connectivity index (χ0) is 19.2. The highest BCUT2D eigenvalue weighted by Crippen LogP contribution is 2.30. The maximum absolute atomic E-state index is 11.1. The van der Waals surface area contributed by atoms with Crippen molar-refractivity contribution in [2.45, 2.75) is 26.2 Å². The normalized spacial score (nSPS) is 13.8. The van der Waals surface area contributed by atoms with Gasteiger partial charge in [-0.2, -0.15) is 0 Å². The predicted octanol–water partition coefficient (Wildman–Crippen LogP) is 5.10. The third-order valence-electron chi connectivity index (χ3n) is 4.37. The van der Waals surface area contributed by atoms with E-state index in [1.54, 1.807) is 0 Å². The van der Waals surface area contributed by atoms with Crippen LogP contribution in [0.25, 0.3) is 0 Å². The molecule has 3 N–H and O–H groups in total. The fraction of sp³-hybridized carbons (Fsp3) is 0.300. The first kappa shape index (κ1) is 19.5. The highest BCUT2D eigenvalue weighted by atomic mass is 35.5. The quantitative estimate of drug-likeness (QED) is 0.621. The molecule has 0 atom stereocenters. The van der Waals surface area contributed by atoms with Crippen molar-refractivity contribution in [1.82, 2.24) is 0 Å². The monoisotopic (exact) mass is 402 g/mol. The largest absolute Gasteiger partial charge is 0.370 e. The van der Waals surface area contributed by atoms with Gasteiger partial charge in [-0.1, -0.05) is 11.6 Å². The molecule has 5 nitrogen and oxygen atoms in total. The average Bonchev–Trinajstić information content (AvgIpc) is 2.64. The van der Waals surface area contributed by atoms with Gasteiger partial charge in [0.15, 0.2) is 5.11 Å². The Balaban J connectivity index is 1.58. The second-order valence-electron chi connectivity index (χ2n) is 6.55. The summed E-state index contributed by atoms with van der Waals surface area (Å²) in [7, 11) is 0. The number of thiocarbonyl (C=S) groups is 1. The molecule has 2 aromatic rings. The number of hydrogen-bond donors (Lipinski definition) is 3. The first-order chi connectivity index (χ1) is 13.0. The van der Waals surface area contributed by atoms with E-state index < -0.39 is 0 Å². The van der Waals surface area contributed by atoms with E-state index in [-0.39, 0.29) is 5.91 Å². The van der Waals surface area contributed by atoms with Crippen molar-refractivity contribution in [3.05, 3.63) is 47.5 Å². The number of nitrogens with one attached hydrogen (secondary N) is 3. The summed E-state index contributed by atoms with van der Waals surface area (Å²) < 4.78 is 0. The molecule has 0 unspecified atom stereocenters. The van der Waals surface area contributed by atoms with E-state index in [1.807, 2.05) is 42.5 Å². The fourth-order valence-electron chi connectivity index (χ4n) is 3.11. The van der Waals surface area contributed by atoms with Gasteiger partial charge in [0.2, 0.25) is 5.91 Å². The molecule has 1 saturated heterocycles. The number of rotatable bonds is 4. The van der Waals surface area contributed by atoms with Crippen molar-refractivity contribution < 1.29 is 4.79 Å². The van der Waals surface area contributed by atoms with E-state index in [2.05, 4.69) is 20.9 Å². The second kappa shape index (κ2) is 9.06. The number of hydrogen-bond acceptors (Lipinski definition) is 3. The Bertz CT molecular complexity index is 819. The summed E-state index contributed by atoms with van der Waals surface area (Å²) in [6.07, 6.45) is 3.72. The molecule has 142 valence electrons. The van der Waals surface area contributed by atoms with Crippen molar-refractivity contribution >= 4 is 57.6 Å². The van der Waals surface area contributed by atoms with E-state index >= 15 is 0 Å². The molecule has 1 fully saturated rings. The first-order valence-electron chi connectivity index (χ1n) is 9.01. The summed E-state index contributed by atoms with van der Waals surface area (Å²) in [6.45, 7) is 3.59. The maximum atomic E-state index is 11.1. The summed E-state index contributed by atoms with van der Waals surface area (Å²) in [5.74, 6) is -0.0993. The van der Waals surface area contributed by atoms with Crippen LogP contribution in [0.5, 0.6) is 0 Å². The van der Waals surface area contributed by atoms with Crippen LogP contribution >= 0.6 is 23.8 Å². The summed E-state index contributed by atoms with van der Waals surface area (Å²) in [5, 5.41) is 10.2. The SMILES string of the molecule is CC(=O)Nc1ccc(NC(=S)Nc2ccc(N3CCCCC3)c(Cl)c2)cc1. The minimum Gasteiger partial charge on any atom is -0.370 e. The van der Waals surface area contributed by atoms with E-state index in [4.69, 9.17) is 23.8 Å². The molecule has 27 heavy (non-hydrogen) atoms. The summed E-state index contributed by atoms with van der Waals surface area (Å²) in [4.78, 5) is 13.4. The van der Waals surface area contributed by atoms with Crippen LogP contribution < -0.4 is 20.9 Å². The van der Waals surface area contributed by atoms with Gasteiger partial charge in [0.25, 0.3) is 0 Å². The Morgan fingerprint density at radius 3 is 2.07 bits per heavy atom. The molecule has 0 radical (unpaired) electrons. The third kappa shape index (κ3) is 5.58. The van der Waals surface area contributed by atoms with Crippen molar-refractivity contribution in [2.24, 2.45) is 0 Å². The zero-order valence-electron chi connectivity index (χ0n) is 15.2. The Labute approximate surface area is 170 Å². The van der Waals surface area contributed by atoms with Gasteiger partial charge >= 0.3 is 0 Å². The number of halogens is 1. The molecule has 1 heterocycles. The Morgan fingerprint density at radius 2 is 1.48 bits per heavy atom. The van der Waals surface area contributed by atoms with Gasteiger partial charge in [-0.05, 0) is 73.9 Å². The topological polar surface area (TPSA) is 56.4 Å². The molecule has 7 heteroatoms. The summed E-state index contributed by atoms with van der Waals surface area (Å²) >= 11 is 11.9. The minimum atomic E-state index is -0.0993. The molecule has 2 aromatic carbocycles. The molecular formula is C20H23ClN4OS. The van der Waals surface area contributed by atoms with Crippen LogP contribution in [0.15, 0.2) is 42.5 Å². The Hall–Kier alpha value is -2.31. The van der Waals surface area contributed by atoms with Crippen LogP contribution in [-0.4, -0.2) is 24.1 Å². The van der Waals surface area contributed by atoms with E-state index in [9.17, 15) is 4.79 Å². The molecule has 1 aliphatic rings. The first-order valence-corrected chi connectivity index (χ1v) is 9.80. The molecule has 0 saturated carbocycles. The van der Waals surface area contributed by atoms with Crippen molar-refractivity contribution in [1.29, 1.82) is 0 Å². The Kier molecular flexibility index (Phi) is 6.53. The van der Waals surface area contributed by atoms with Crippen LogP contribution in [0.1, 0.15) is 26.2 Å². The average molecular weight is 403 g/mol. The number of carbonyl (C=O) groups excluding carboxylic acids is 1. The second-order valence-corrected chi connectivity index (χ2v) is 7.37. The van der Waals surface area contributed by atoms with E-state index in [0.29, 0.717) is 5.11 Å². The smallest absolute Gasteiger partial charge is 0.221 e. The van der Waals surface area contributed by atoms with Crippen LogP contribution in [-0.2, 0) is 4.79 Å². The van der Waals surface area contributed by atoms with Crippen molar-refractivity contribution in [3.63, 3.8) is 0 Å². The molecule has 0 aliphatic carbocycles. The van der Waals surface area contributed by atoms with Gasteiger partial charge in [-0.25, -0.2) is 0 Å². The number of anilines is 4. The van der Waals surface area contributed by atoms with Gasteiger partial charge in [-0.15, -0.1) is 0 Å². The molecule has 3 rings (SSSR count). The highest BCUT2D eigenvalue weighted by Gasteiger charge is 2.14. The number of carbonyl (C=O) groups is 1. The minimum absolute atomic E-state index is 0.0993. The van der Waals surface area contributed by atoms with Gasteiger partial charge < -0.3 is 20.9 Å². The molecule has 0 bridgehead atoms. The van der Waals surface area contributed by atoms with Gasteiger partial charge in [0.1, 0.15) is 0 Å². The standard InChI is InChI=1S/C20H23ClN4OS/c1-14(26)22-15-5-7-16(8-6-15)23-20(27)24-17-9-10-19(18(21)13-17)25-11-3-2-4-12-25/h5-10,13H,2-4,11-12H2,1H3,(H,22,26)(H2,23,24,27). The van der Waals surface area contributed by atoms with Gasteiger partial charge in [0.05, 0.1) is 10.7 Å². The predicted molar refractivity (Wildman–Crippen MR) is 118 cm³/mol. The molecule has 1 amide bonds. The van der Waals surface area contributed by atoms with E-state index in [0.717, 1.165) is 40.9 Å². The zero-order valence-corrected chi connectivity index (χ0v) is 16.8. The lowest BCUT2D eigenvalue weighted by molar-refractivity contribution is -0.114. The Morgan fingerprint density at radius 1 is 0.926 bits per heavy atom. The molecule has 0 aromatic heterocycles. The van der Waals surface area contributed by atoms with Crippen molar-refractivity contribution in [2.75, 3.05) is 33.9 Å². The lowest BCUT2D eigenvalue weighted by Gasteiger charge is -2.29. The number of piperidine rings is 1. The lowest BCUT2D eigenvalue weighted by Crippen LogP contribution is -2.29. The van der Waals surface area contributed by atoms with Crippen LogP contribution in [0.3, 0.4) is 0 Å². The number of amides is 1. The fourth-order valence-corrected chi connectivity index (χ4v) is 3.65. The lowest BCUT2D eigenvalue weighted by atomic mass is 10.1. The summed E-state index contributed by atoms with van der Waals surface area (Å²) in [5.41, 5.74) is 3.49. The number of nitrogens with zero attached hydrogens (tertiary/aromatic N) is 1. The highest BCUT2D eigenvalue weighted by molar-refractivity contribution is 7.80. The number of benzene rings is 2. The molecular weight excluding hydrogens is 380 g/mol. The van der Waals surface area contributed by atoms with Crippen LogP contribution in [0.4, 0.5) is 22.7 Å². The summed E-state index contributed by atoms with van der Waals surface area (Å²) in [6, 6.07) is 13.3. The van der Waals surface area contributed by atoms with Crippen LogP contribution in [0.2, 0.25) is 5.02 Å².